The molecule has 3 fully saturated rings. The predicted molar refractivity (Wildman–Crippen MR) is 178 cm³/mol. The van der Waals surface area contributed by atoms with Gasteiger partial charge in [-0.05, 0) is 63.1 Å². The summed E-state index contributed by atoms with van der Waals surface area (Å²) in [5.41, 5.74) is 1.61. The molecule has 1 unspecified atom stereocenters. The Bertz CT molecular complexity index is 1780. The molecule has 46 heavy (non-hydrogen) atoms. The van der Waals surface area contributed by atoms with E-state index in [1.807, 2.05) is 26.0 Å². The summed E-state index contributed by atoms with van der Waals surface area (Å²) in [6.45, 7) is 9.06. The molecule has 0 saturated carbocycles. The molecule has 4 aromatic rings. The van der Waals surface area contributed by atoms with Gasteiger partial charge in [0.1, 0.15) is 29.5 Å². The number of pyridine rings is 1. The first-order valence-corrected chi connectivity index (χ1v) is 16.4. The monoisotopic (exact) mass is 628 g/mol. The highest BCUT2D eigenvalue weighted by molar-refractivity contribution is 6.02. The summed E-state index contributed by atoms with van der Waals surface area (Å²) >= 11 is 0. The number of hydrogen-bond acceptors (Lipinski definition) is 8. The lowest BCUT2D eigenvalue weighted by atomic mass is 9.95. The van der Waals surface area contributed by atoms with E-state index in [1.165, 1.54) is 6.07 Å². The molecule has 8 nitrogen and oxygen atoms in total. The number of halogens is 2. The van der Waals surface area contributed by atoms with Crippen LogP contribution in [0.4, 0.5) is 14.6 Å². The van der Waals surface area contributed by atoms with Crippen LogP contribution in [-0.4, -0.2) is 83.0 Å². The van der Waals surface area contributed by atoms with Gasteiger partial charge in [-0.25, -0.2) is 13.8 Å². The Morgan fingerprint density at radius 3 is 2.59 bits per heavy atom. The van der Waals surface area contributed by atoms with E-state index in [1.54, 1.807) is 12.1 Å². The number of aromatic nitrogens is 3. The van der Waals surface area contributed by atoms with Crippen molar-refractivity contribution in [1.82, 2.24) is 25.2 Å². The third-order valence-corrected chi connectivity index (χ3v) is 9.83. The van der Waals surface area contributed by atoms with Gasteiger partial charge >= 0.3 is 6.01 Å². The number of fused-ring (bicyclic) bond motifs is 4. The zero-order valence-corrected chi connectivity index (χ0v) is 26.9. The van der Waals surface area contributed by atoms with E-state index in [-0.39, 0.29) is 34.4 Å². The molecule has 0 aliphatic carbocycles. The Balaban J connectivity index is 0.000000896. The van der Waals surface area contributed by atoms with Gasteiger partial charge in [-0.1, -0.05) is 44.0 Å². The maximum atomic E-state index is 16.8. The molecule has 0 spiro atoms. The minimum atomic E-state index is -0.572. The summed E-state index contributed by atoms with van der Waals surface area (Å²) in [6.07, 6.45) is 11.7. The van der Waals surface area contributed by atoms with Gasteiger partial charge in [-0.2, -0.15) is 9.97 Å². The van der Waals surface area contributed by atoms with Crippen molar-refractivity contribution in [3.63, 3.8) is 0 Å². The molecule has 2 aromatic heterocycles. The molecule has 0 radical (unpaired) electrons. The molecule has 0 bridgehead atoms. The first-order chi connectivity index (χ1) is 22.6. The van der Waals surface area contributed by atoms with Crippen LogP contribution in [0.2, 0.25) is 0 Å². The highest BCUT2D eigenvalue weighted by Gasteiger charge is 2.45. The molecule has 4 aliphatic rings. The number of aryl methyl sites for hydroxylation is 1. The topological polar surface area (TPSA) is 86.6 Å². The van der Waals surface area contributed by atoms with Crippen molar-refractivity contribution in [2.24, 2.45) is 0 Å². The van der Waals surface area contributed by atoms with Gasteiger partial charge in [-0.3, -0.25) is 4.90 Å². The summed E-state index contributed by atoms with van der Waals surface area (Å²) in [4.78, 5) is 19.4. The zero-order chi connectivity index (χ0) is 32.4. The van der Waals surface area contributed by atoms with Crippen LogP contribution >= 0.6 is 0 Å². The fraction of sp³-hybridized carbons (Fsp3) is 0.472. The number of ether oxygens (including phenoxy) is 1. The second-order valence-corrected chi connectivity index (χ2v) is 12.0. The van der Waals surface area contributed by atoms with E-state index >= 15 is 4.39 Å². The number of aliphatic hydroxyl groups is 1. The molecule has 242 valence electrons. The summed E-state index contributed by atoms with van der Waals surface area (Å²) in [6, 6.07) is 8.82. The smallest absolute Gasteiger partial charge is 0.319 e. The molecular formula is C36H42F2N6O2. The lowest BCUT2D eigenvalue weighted by Gasteiger charge is -2.36. The largest absolute Gasteiger partial charge is 0.461 e. The van der Waals surface area contributed by atoms with Gasteiger partial charge < -0.3 is 20.1 Å². The quantitative estimate of drug-likeness (QED) is 0.288. The number of nitrogens with one attached hydrogen (secondary N) is 1. The molecule has 8 rings (SSSR count). The van der Waals surface area contributed by atoms with E-state index in [0.717, 1.165) is 83.0 Å². The van der Waals surface area contributed by atoms with E-state index < -0.39 is 11.6 Å². The van der Waals surface area contributed by atoms with Crippen molar-refractivity contribution in [3.05, 3.63) is 53.2 Å². The second kappa shape index (κ2) is 13.4. The van der Waals surface area contributed by atoms with Gasteiger partial charge in [0, 0.05) is 43.7 Å². The fourth-order valence-electron chi connectivity index (χ4n) is 7.79. The van der Waals surface area contributed by atoms with Crippen LogP contribution in [0.3, 0.4) is 0 Å². The van der Waals surface area contributed by atoms with Gasteiger partial charge in [0.05, 0.1) is 22.2 Å². The summed E-state index contributed by atoms with van der Waals surface area (Å²) < 4.78 is 38.1. The van der Waals surface area contributed by atoms with Crippen LogP contribution in [0.25, 0.3) is 32.9 Å². The highest BCUT2D eigenvalue weighted by atomic mass is 19.1. The number of hydrogen-bond donors (Lipinski definition) is 2. The van der Waals surface area contributed by atoms with Crippen LogP contribution in [-0.2, 0) is 6.42 Å². The maximum absolute atomic E-state index is 16.8. The number of aliphatic hydroxyl groups excluding tert-OH is 1. The van der Waals surface area contributed by atoms with Crippen LogP contribution in [0.5, 0.6) is 6.01 Å². The van der Waals surface area contributed by atoms with Crippen LogP contribution in [0.15, 0.2) is 30.3 Å². The molecule has 0 amide bonds. The van der Waals surface area contributed by atoms with Gasteiger partial charge in [0.15, 0.2) is 5.82 Å². The van der Waals surface area contributed by atoms with Crippen molar-refractivity contribution < 1.29 is 18.6 Å². The van der Waals surface area contributed by atoms with Crippen LogP contribution < -0.4 is 15.0 Å². The van der Waals surface area contributed by atoms with Crippen molar-refractivity contribution in [1.29, 1.82) is 0 Å². The molecule has 3 saturated heterocycles. The van der Waals surface area contributed by atoms with Gasteiger partial charge in [-0.15, -0.1) is 6.42 Å². The zero-order valence-electron chi connectivity index (χ0n) is 26.9. The number of anilines is 1. The van der Waals surface area contributed by atoms with E-state index in [4.69, 9.17) is 31.2 Å². The molecule has 6 heterocycles. The standard InChI is InChI=1S/C33H32F2N6O.C2H6.CH4O/c1-2-22-24(34)10-8-20-6-3-7-23(26(20)22)29-28(35)30-27-25(37-29)11-9-21-18-36-14-17-41(21)31(27)39-32(38-30)42-19-33-12-4-15-40(33)16-5-13-33;2*1-2/h1,3,6-8,10,21,36H,4-5,9,11-19H2;1-2H3;2H,1H3. The Labute approximate surface area is 269 Å². The predicted octanol–water partition coefficient (Wildman–Crippen LogP) is 5.47. The molecule has 10 heteroatoms. The molecule has 4 aliphatic heterocycles. The van der Waals surface area contributed by atoms with E-state index in [2.05, 4.69) is 21.0 Å². The SMILES string of the molecule is C#Cc1c(F)ccc2cccc(-c3nc4c5c(nc(OCC67CCCN6CCC7)nc5c3F)N3CCNCC3CC4)c12.CC.CO. The second-order valence-electron chi connectivity index (χ2n) is 12.0. The number of rotatable bonds is 4. The van der Waals surface area contributed by atoms with Crippen molar-refractivity contribution in [3.8, 4) is 29.6 Å². The first-order valence-electron chi connectivity index (χ1n) is 16.4. The third kappa shape index (κ3) is 5.34. The average molecular weight is 629 g/mol. The normalized spacial score (nSPS) is 19.7. The van der Waals surface area contributed by atoms with E-state index in [9.17, 15) is 4.39 Å². The van der Waals surface area contributed by atoms with E-state index in [0.29, 0.717) is 35.2 Å². The minimum Gasteiger partial charge on any atom is -0.461 e. The Morgan fingerprint density at radius 1 is 1.04 bits per heavy atom. The average Bonchev–Trinajstić information content (AvgIpc) is 3.65. The minimum absolute atomic E-state index is 0.00970. The number of nitrogens with zero attached hydrogens (tertiary/aromatic N) is 5. The Hall–Kier alpha value is -3.91. The third-order valence-electron chi connectivity index (χ3n) is 9.83. The fourth-order valence-corrected chi connectivity index (χ4v) is 7.79. The Kier molecular flexibility index (Phi) is 9.37. The van der Waals surface area contributed by atoms with Crippen LogP contribution in [0, 0.1) is 24.0 Å². The molecular weight excluding hydrogens is 586 g/mol. The maximum Gasteiger partial charge on any atom is 0.319 e. The lowest BCUT2D eigenvalue weighted by molar-refractivity contribution is 0.108. The highest BCUT2D eigenvalue weighted by Crippen LogP contribution is 2.42. The molecule has 2 aromatic carbocycles. The molecule has 1 atom stereocenters. The summed E-state index contributed by atoms with van der Waals surface area (Å²) in [7, 11) is 1.00. The molecule has 2 N–H and O–H groups in total. The van der Waals surface area contributed by atoms with Gasteiger partial charge in [0.25, 0.3) is 0 Å². The first kappa shape index (κ1) is 32.0. The number of terminal acetylenes is 1. The summed E-state index contributed by atoms with van der Waals surface area (Å²) in [5.74, 6) is 2.08. The summed E-state index contributed by atoms with van der Waals surface area (Å²) in [5, 5.41) is 12.3. The number of benzene rings is 2. The van der Waals surface area contributed by atoms with Crippen LogP contribution in [0.1, 0.15) is 57.2 Å². The van der Waals surface area contributed by atoms with Crippen molar-refractivity contribution in [2.45, 2.75) is 64.0 Å². The van der Waals surface area contributed by atoms with Gasteiger partial charge in [0.2, 0.25) is 0 Å². The lowest BCUT2D eigenvalue weighted by Crippen LogP contribution is -2.51. The van der Waals surface area contributed by atoms with Crippen molar-refractivity contribution in [2.75, 3.05) is 51.3 Å². The van der Waals surface area contributed by atoms with Crippen molar-refractivity contribution >= 4 is 27.5 Å². The Morgan fingerprint density at radius 2 is 1.83 bits per heavy atom. The number of piperazine rings is 1.